The Morgan fingerprint density at radius 1 is 1.06 bits per heavy atom. The highest BCUT2D eigenvalue weighted by molar-refractivity contribution is 6.10. The summed E-state index contributed by atoms with van der Waals surface area (Å²) in [5.74, 6) is -1.62. The average Bonchev–Trinajstić information content (AvgIpc) is 3.16. The number of rotatable bonds is 5. The van der Waals surface area contributed by atoms with Crippen LogP contribution in [0.15, 0.2) is 60.7 Å². The molecular formula is C23H18F3N3O3. The van der Waals surface area contributed by atoms with Crippen LogP contribution < -0.4 is 5.32 Å². The Balaban J connectivity index is 1.75. The van der Waals surface area contributed by atoms with Crippen LogP contribution in [0.3, 0.4) is 0 Å². The molecule has 2 heterocycles. The fraction of sp³-hybridized carbons (Fsp3) is 0.174. The van der Waals surface area contributed by atoms with Gasteiger partial charge in [0, 0.05) is 22.7 Å². The Kier molecular flexibility index (Phi) is 5.56. The molecule has 0 aliphatic rings. The molecule has 2 N–H and O–H groups in total. The van der Waals surface area contributed by atoms with E-state index in [1.165, 1.54) is 13.2 Å². The number of carbonyl (C=O) groups is 2. The molecule has 0 saturated heterocycles. The predicted molar refractivity (Wildman–Crippen MR) is 112 cm³/mol. The zero-order valence-corrected chi connectivity index (χ0v) is 16.9. The lowest BCUT2D eigenvalue weighted by molar-refractivity contribution is -0.143. The van der Waals surface area contributed by atoms with E-state index in [1.807, 2.05) is 0 Å². The van der Waals surface area contributed by atoms with Crippen LogP contribution in [0.25, 0.3) is 21.8 Å². The first kappa shape index (κ1) is 21.4. The number of methoxy groups -OCH3 is 1. The van der Waals surface area contributed by atoms with Gasteiger partial charge in [0.25, 0.3) is 5.91 Å². The molecule has 0 spiro atoms. The minimum absolute atomic E-state index is 0.112. The van der Waals surface area contributed by atoms with Crippen LogP contribution in [0.2, 0.25) is 0 Å². The number of benzene rings is 2. The van der Waals surface area contributed by atoms with Crippen molar-refractivity contribution in [2.75, 3.05) is 7.11 Å². The summed E-state index contributed by atoms with van der Waals surface area (Å²) < 4.78 is 46.0. The number of carbonyl (C=O) groups excluding carboxylic acids is 2. The number of esters is 1. The third-order valence-electron chi connectivity index (χ3n) is 5.07. The maximum atomic E-state index is 13.7. The number of ether oxygens (including phenoxy) is 1. The predicted octanol–water partition coefficient (Wildman–Crippen LogP) is 4.25. The van der Waals surface area contributed by atoms with E-state index < -0.39 is 35.5 Å². The number of para-hydroxylation sites is 1. The van der Waals surface area contributed by atoms with Gasteiger partial charge in [-0.2, -0.15) is 13.2 Å². The van der Waals surface area contributed by atoms with Gasteiger partial charge in [-0.1, -0.05) is 48.5 Å². The molecule has 164 valence electrons. The van der Waals surface area contributed by atoms with Gasteiger partial charge in [-0.15, -0.1) is 0 Å². The second-order valence-electron chi connectivity index (χ2n) is 7.19. The smallest absolute Gasteiger partial charge is 0.435 e. The van der Waals surface area contributed by atoms with Gasteiger partial charge in [0.1, 0.15) is 11.7 Å². The van der Waals surface area contributed by atoms with Crippen LogP contribution >= 0.6 is 0 Å². The highest BCUT2D eigenvalue weighted by atomic mass is 19.4. The average molecular weight is 441 g/mol. The molecule has 0 bridgehead atoms. The second kappa shape index (κ2) is 8.33. The summed E-state index contributed by atoms with van der Waals surface area (Å²) in [6.07, 6.45) is -4.68. The third-order valence-corrected chi connectivity index (χ3v) is 5.07. The number of alkyl halides is 3. The summed E-state index contributed by atoms with van der Waals surface area (Å²) >= 11 is 0. The maximum Gasteiger partial charge on any atom is 0.435 e. The lowest BCUT2D eigenvalue weighted by atomic mass is 10.1. The van der Waals surface area contributed by atoms with Crippen molar-refractivity contribution >= 4 is 33.7 Å². The van der Waals surface area contributed by atoms with E-state index >= 15 is 0 Å². The van der Waals surface area contributed by atoms with Crippen LogP contribution in [0.5, 0.6) is 0 Å². The van der Waals surface area contributed by atoms with Crippen molar-refractivity contribution < 1.29 is 27.5 Å². The zero-order valence-electron chi connectivity index (χ0n) is 16.9. The van der Waals surface area contributed by atoms with Gasteiger partial charge >= 0.3 is 12.1 Å². The summed E-state index contributed by atoms with van der Waals surface area (Å²) in [6, 6.07) is 15.7. The van der Waals surface area contributed by atoms with Gasteiger partial charge in [0.05, 0.1) is 12.6 Å². The van der Waals surface area contributed by atoms with Crippen molar-refractivity contribution in [1.82, 2.24) is 15.3 Å². The minimum Gasteiger partial charge on any atom is -0.467 e. The molecule has 0 aliphatic heterocycles. The van der Waals surface area contributed by atoms with E-state index in [2.05, 4.69) is 15.3 Å². The lowest BCUT2D eigenvalue weighted by Crippen LogP contribution is -2.43. The first-order chi connectivity index (χ1) is 15.3. The molecule has 0 fully saturated rings. The van der Waals surface area contributed by atoms with Gasteiger partial charge in [0.2, 0.25) is 0 Å². The summed E-state index contributed by atoms with van der Waals surface area (Å²) in [4.78, 5) is 31.4. The quantitative estimate of drug-likeness (QED) is 0.454. The van der Waals surface area contributed by atoms with Gasteiger partial charge in [0.15, 0.2) is 5.69 Å². The number of fused-ring (bicyclic) bond motifs is 3. The van der Waals surface area contributed by atoms with Gasteiger partial charge in [-0.05, 0) is 17.7 Å². The number of H-pyrrole nitrogens is 1. The van der Waals surface area contributed by atoms with Crippen LogP contribution in [-0.2, 0) is 22.1 Å². The zero-order chi connectivity index (χ0) is 22.9. The Morgan fingerprint density at radius 2 is 1.75 bits per heavy atom. The highest BCUT2D eigenvalue weighted by Crippen LogP contribution is 2.36. The maximum absolute atomic E-state index is 13.7. The summed E-state index contributed by atoms with van der Waals surface area (Å²) in [5, 5.41) is 3.20. The topological polar surface area (TPSA) is 84.1 Å². The van der Waals surface area contributed by atoms with E-state index in [0.29, 0.717) is 10.9 Å². The largest absolute Gasteiger partial charge is 0.467 e. The van der Waals surface area contributed by atoms with Gasteiger partial charge < -0.3 is 15.0 Å². The highest BCUT2D eigenvalue weighted by Gasteiger charge is 2.37. The van der Waals surface area contributed by atoms with Crippen LogP contribution in [0.4, 0.5) is 13.2 Å². The van der Waals surface area contributed by atoms with Crippen molar-refractivity contribution in [3.8, 4) is 0 Å². The fourth-order valence-corrected chi connectivity index (χ4v) is 3.58. The van der Waals surface area contributed by atoms with Crippen molar-refractivity contribution in [2.45, 2.75) is 18.6 Å². The number of aromatic nitrogens is 2. The normalized spacial score (nSPS) is 12.6. The molecule has 0 saturated carbocycles. The molecule has 4 rings (SSSR count). The minimum atomic E-state index is -4.79. The molecule has 32 heavy (non-hydrogen) atoms. The molecule has 0 unspecified atom stereocenters. The molecule has 0 aliphatic carbocycles. The molecule has 9 heteroatoms. The SMILES string of the molecule is COC(=O)[C@H](Cc1ccccc1)NC(=O)c1cc2c([nH]c3ccccc32)c(C(F)(F)F)n1. The van der Waals surface area contributed by atoms with E-state index in [-0.39, 0.29) is 17.3 Å². The molecule has 1 atom stereocenters. The molecule has 1 amide bonds. The lowest BCUT2D eigenvalue weighted by Gasteiger charge is -2.17. The number of hydrogen-bond donors (Lipinski definition) is 2. The second-order valence-corrected chi connectivity index (χ2v) is 7.19. The van der Waals surface area contributed by atoms with Crippen molar-refractivity contribution in [2.24, 2.45) is 0 Å². The van der Waals surface area contributed by atoms with E-state index in [0.717, 1.165) is 5.56 Å². The number of nitrogens with zero attached hydrogens (tertiary/aromatic N) is 1. The number of amides is 1. The molecule has 0 radical (unpaired) electrons. The third kappa shape index (κ3) is 4.14. The monoisotopic (exact) mass is 441 g/mol. The van der Waals surface area contributed by atoms with Crippen LogP contribution in [0.1, 0.15) is 21.7 Å². The number of halogens is 3. The van der Waals surface area contributed by atoms with Gasteiger partial charge in [-0.3, -0.25) is 4.79 Å². The molecule has 4 aromatic rings. The van der Waals surface area contributed by atoms with Crippen molar-refractivity contribution in [1.29, 1.82) is 0 Å². The molecule has 2 aromatic heterocycles. The van der Waals surface area contributed by atoms with Gasteiger partial charge in [-0.25, -0.2) is 9.78 Å². The first-order valence-electron chi connectivity index (χ1n) is 9.69. The first-order valence-corrected chi connectivity index (χ1v) is 9.69. The molecular weight excluding hydrogens is 423 g/mol. The number of nitrogens with one attached hydrogen (secondary N) is 2. The summed E-state index contributed by atoms with van der Waals surface area (Å²) in [6.45, 7) is 0. The number of aromatic amines is 1. The van der Waals surface area contributed by atoms with Crippen LogP contribution in [0, 0.1) is 0 Å². The summed E-state index contributed by atoms with van der Waals surface area (Å²) in [5.41, 5.74) is -0.613. The fourth-order valence-electron chi connectivity index (χ4n) is 3.58. The van der Waals surface area contributed by atoms with E-state index in [9.17, 15) is 22.8 Å². The number of pyridine rings is 1. The van der Waals surface area contributed by atoms with Crippen molar-refractivity contribution in [3.63, 3.8) is 0 Å². The Morgan fingerprint density at radius 3 is 2.44 bits per heavy atom. The Hall–Kier alpha value is -3.88. The number of hydrogen-bond acceptors (Lipinski definition) is 4. The molecule has 6 nitrogen and oxygen atoms in total. The molecule has 2 aromatic carbocycles. The van der Waals surface area contributed by atoms with Crippen LogP contribution in [-0.4, -0.2) is 35.0 Å². The Labute approximate surface area is 180 Å². The van der Waals surface area contributed by atoms with E-state index in [4.69, 9.17) is 4.74 Å². The standard InChI is InChI=1S/C23H18F3N3O3/c1-32-22(31)18(11-13-7-3-2-4-8-13)29-21(30)17-12-15-14-9-5-6-10-16(14)27-19(15)20(28-17)23(24,25)26/h2-10,12,18,27H,11H2,1H3,(H,29,30)/t18-/m0/s1. The Bertz CT molecular complexity index is 1300. The summed E-state index contributed by atoms with van der Waals surface area (Å²) in [7, 11) is 1.17. The van der Waals surface area contributed by atoms with E-state index in [1.54, 1.807) is 54.6 Å². The van der Waals surface area contributed by atoms with Crippen molar-refractivity contribution in [3.05, 3.63) is 77.6 Å².